The molecule has 0 aromatic carbocycles. The highest BCUT2D eigenvalue weighted by atomic mass is 15.3. The van der Waals surface area contributed by atoms with Crippen LogP contribution >= 0.6 is 0 Å². The fourth-order valence-electron chi connectivity index (χ4n) is 0.989. The molecule has 0 aliphatic rings. The van der Waals surface area contributed by atoms with Gasteiger partial charge in [0.2, 0.25) is 5.96 Å². The van der Waals surface area contributed by atoms with Gasteiger partial charge in [0.1, 0.15) is 0 Å². The van der Waals surface area contributed by atoms with E-state index < -0.39 is 0 Å². The lowest BCUT2D eigenvalue weighted by atomic mass is 10.2. The van der Waals surface area contributed by atoms with Gasteiger partial charge in [0.05, 0.1) is 18.6 Å². The Bertz CT molecular complexity index is 290. The summed E-state index contributed by atoms with van der Waals surface area (Å²) in [7, 11) is 0. The van der Waals surface area contributed by atoms with Gasteiger partial charge in [-0.1, -0.05) is 13.8 Å². The van der Waals surface area contributed by atoms with Crippen molar-refractivity contribution in [1.82, 2.24) is 20.7 Å². The number of aromatic nitrogens is 2. The first-order valence-corrected chi connectivity index (χ1v) is 4.94. The largest absolute Gasteiger partial charge is 0.355 e. The van der Waals surface area contributed by atoms with Gasteiger partial charge in [-0.2, -0.15) is 0 Å². The van der Waals surface area contributed by atoms with E-state index in [2.05, 4.69) is 39.6 Å². The van der Waals surface area contributed by atoms with Gasteiger partial charge in [0, 0.05) is 12.7 Å². The number of H-pyrrole nitrogens is 1. The quantitative estimate of drug-likeness (QED) is 0.243. The van der Waals surface area contributed by atoms with E-state index in [1.807, 2.05) is 0 Å². The fraction of sp³-hybridized carbons (Fsp3) is 0.556. The van der Waals surface area contributed by atoms with Crippen molar-refractivity contribution in [2.45, 2.75) is 20.4 Å². The van der Waals surface area contributed by atoms with Gasteiger partial charge in [-0.05, 0) is 5.92 Å². The predicted octanol–water partition coefficient (Wildman–Crippen LogP) is -0.0254. The maximum atomic E-state index is 5.33. The standard InChI is InChI=1S/C9H18N6/c1-7(2)3-12-9(15-10)13-5-8-4-11-6-14-8/h4,6-7H,3,5,10H2,1-2H3,(H,11,14)(H2,12,13,15). The SMILES string of the molecule is CC(C)CNC(=NCc1cnc[nH]1)NN. The van der Waals surface area contributed by atoms with E-state index in [1.54, 1.807) is 12.5 Å². The van der Waals surface area contributed by atoms with Crippen molar-refractivity contribution in [3.8, 4) is 0 Å². The molecule has 1 aromatic rings. The van der Waals surface area contributed by atoms with Gasteiger partial charge in [0.25, 0.3) is 0 Å². The van der Waals surface area contributed by atoms with Crippen LogP contribution in [0.4, 0.5) is 0 Å². The molecule has 1 heterocycles. The second-order valence-electron chi connectivity index (χ2n) is 3.66. The van der Waals surface area contributed by atoms with Crippen molar-refractivity contribution in [1.29, 1.82) is 0 Å². The molecule has 0 amide bonds. The van der Waals surface area contributed by atoms with Crippen LogP contribution < -0.4 is 16.6 Å². The van der Waals surface area contributed by atoms with Gasteiger partial charge in [-0.15, -0.1) is 0 Å². The molecule has 0 saturated heterocycles. The third-order valence-electron chi connectivity index (χ3n) is 1.78. The summed E-state index contributed by atoms with van der Waals surface area (Å²) in [6, 6.07) is 0. The monoisotopic (exact) mass is 210 g/mol. The molecule has 6 nitrogen and oxygen atoms in total. The number of imidazole rings is 1. The van der Waals surface area contributed by atoms with E-state index in [0.29, 0.717) is 18.4 Å². The Morgan fingerprint density at radius 1 is 1.67 bits per heavy atom. The van der Waals surface area contributed by atoms with E-state index in [4.69, 9.17) is 5.84 Å². The predicted molar refractivity (Wildman–Crippen MR) is 59.9 cm³/mol. The zero-order valence-electron chi connectivity index (χ0n) is 9.12. The first-order valence-electron chi connectivity index (χ1n) is 4.94. The minimum Gasteiger partial charge on any atom is -0.355 e. The number of nitrogens with one attached hydrogen (secondary N) is 3. The second-order valence-corrected chi connectivity index (χ2v) is 3.66. The molecule has 0 atom stereocenters. The Labute approximate surface area is 89.4 Å². The lowest BCUT2D eigenvalue weighted by Crippen LogP contribution is -2.42. The third kappa shape index (κ3) is 4.46. The molecule has 0 radical (unpaired) electrons. The maximum Gasteiger partial charge on any atom is 0.206 e. The van der Waals surface area contributed by atoms with Gasteiger partial charge >= 0.3 is 0 Å². The molecule has 15 heavy (non-hydrogen) atoms. The number of hydrazine groups is 1. The highest BCUT2D eigenvalue weighted by Gasteiger charge is 1.98. The first-order chi connectivity index (χ1) is 7.22. The Hall–Kier alpha value is -1.56. The summed E-state index contributed by atoms with van der Waals surface area (Å²) in [6.45, 7) is 5.61. The molecule has 84 valence electrons. The number of guanidine groups is 1. The number of hydrogen-bond donors (Lipinski definition) is 4. The summed E-state index contributed by atoms with van der Waals surface area (Å²) < 4.78 is 0. The van der Waals surface area contributed by atoms with E-state index >= 15 is 0 Å². The number of rotatable bonds is 4. The number of nitrogens with zero attached hydrogens (tertiary/aromatic N) is 2. The van der Waals surface area contributed by atoms with Crippen LogP contribution in [0, 0.1) is 5.92 Å². The lowest BCUT2D eigenvalue weighted by molar-refractivity contribution is 0.615. The van der Waals surface area contributed by atoms with Crippen LogP contribution in [0.5, 0.6) is 0 Å². The van der Waals surface area contributed by atoms with Crippen molar-refractivity contribution in [3.05, 3.63) is 18.2 Å². The minimum atomic E-state index is 0.532. The smallest absolute Gasteiger partial charge is 0.206 e. The molecule has 0 spiro atoms. The molecule has 0 fully saturated rings. The number of hydrogen-bond acceptors (Lipinski definition) is 3. The van der Waals surface area contributed by atoms with E-state index in [9.17, 15) is 0 Å². The van der Waals surface area contributed by atoms with Crippen molar-refractivity contribution in [2.24, 2.45) is 16.8 Å². The van der Waals surface area contributed by atoms with E-state index in [1.165, 1.54) is 0 Å². The van der Waals surface area contributed by atoms with Crippen molar-refractivity contribution >= 4 is 5.96 Å². The molecule has 0 aliphatic carbocycles. The van der Waals surface area contributed by atoms with Crippen LogP contribution in [-0.2, 0) is 6.54 Å². The average Bonchev–Trinajstić information content (AvgIpc) is 2.70. The number of nitrogens with two attached hydrogens (primary N) is 1. The van der Waals surface area contributed by atoms with Crippen molar-refractivity contribution < 1.29 is 0 Å². The zero-order valence-corrected chi connectivity index (χ0v) is 9.12. The highest BCUT2D eigenvalue weighted by Crippen LogP contribution is 1.93. The molecular weight excluding hydrogens is 192 g/mol. The molecule has 1 rings (SSSR count). The van der Waals surface area contributed by atoms with Crippen LogP contribution in [0.1, 0.15) is 19.5 Å². The van der Waals surface area contributed by atoms with Crippen LogP contribution in [0.3, 0.4) is 0 Å². The number of aliphatic imine (C=N–C) groups is 1. The summed E-state index contributed by atoms with van der Waals surface area (Å²) in [6.07, 6.45) is 3.36. The van der Waals surface area contributed by atoms with Crippen LogP contribution in [0.25, 0.3) is 0 Å². The summed E-state index contributed by atoms with van der Waals surface area (Å²) in [5.41, 5.74) is 3.48. The molecule has 0 unspecified atom stereocenters. The normalized spacial score (nSPS) is 11.9. The molecule has 6 heteroatoms. The van der Waals surface area contributed by atoms with Crippen LogP contribution in [-0.4, -0.2) is 22.5 Å². The Morgan fingerprint density at radius 2 is 2.47 bits per heavy atom. The fourth-order valence-corrected chi connectivity index (χ4v) is 0.989. The summed E-state index contributed by atoms with van der Waals surface area (Å²) >= 11 is 0. The van der Waals surface area contributed by atoms with Gasteiger partial charge < -0.3 is 10.3 Å². The van der Waals surface area contributed by atoms with E-state index in [0.717, 1.165) is 12.2 Å². The number of aromatic amines is 1. The Morgan fingerprint density at radius 3 is 3.00 bits per heavy atom. The molecule has 5 N–H and O–H groups in total. The Balaban J connectivity index is 2.40. The summed E-state index contributed by atoms with van der Waals surface area (Å²) in [5.74, 6) is 6.48. The molecule has 1 aromatic heterocycles. The lowest BCUT2D eigenvalue weighted by Gasteiger charge is -2.10. The summed E-state index contributed by atoms with van der Waals surface area (Å²) in [4.78, 5) is 11.1. The van der Waals surface area contributed by atoms with Gasteiger partial charge in [0.15, 0.2) is 0 Å². The molecule has 0 aliphatic heterocycles. The van der Waals surface area contributed by atoms with Gasteiger partial charge in [-0.25, -0.2) is 15.8 Å². The maximum absolute atomic E-state index is 5.33. The van der Waals surface area contributed by atoms with Crippen LogP contribution in [0.15, 0.2) is 17.5 Å². The second kappa shape index (κ2) is 6.02. The third-order valence-corrected chi connectivity index (χ3v) is 1.78. The topological polar surface area (TPSA) is 91.1 Å². The molecular formula is C9H18N6. The zero-order chi connectivity index (χ0) is 11.1. The Kier molecular flexibility index (Phi) is 4.62. The summed E-state index contributed by atoms with van der Waals surface area (Å²) in [5, 5.41) is 3.11. The van der Waals surface area contributed by atoms with E-state index in [-0.39, 0.29) is 0 Å². The minimum absolute atomic E-state index is 0.532. The van der Waals surface area contributed by atoms with Gasteiger partial charge in [-0.3, -0.25) is 5.43 Å². The highest BCUT2D eigenvalue weighted by molar-refractivity contribution is 5.79. The molecule has 0 bridgehead atoms. The average molecular weight is 210 g/mol. The first kappa shape index (κ1) is 11.5. The van der Waals surface area contributed by atoms with Crippen molar-refractivity contribution in [2.75, 3.05) is 6.54 Å². The van der Waals surface area contributed by atoms with Crippen LogP contribution in [0.2, 0.25) is 0 Å². The van der Waals surface area contributed by atoms with Crippen molar-refractivity contribution in [3.63, 3.8) is 0 Å². The molecule has 0 saturated carbocycles.